The summed E-state index contributed by atoms with van der Waals surface area (Å²) in [4.78, 5) is 36.5. The standard InChI is InChI=1S/C20H27N5O2/c1-23-9-2-4-17(23)19(27)25-10-3-7-20(14-25)8-5-18(26)24(13-20)11-6-16-12-21-15-22-16/h2,4,9,12,15H,3,5-8,10-11,13-14H2,1H3,(H,21,22)/t20-/m0/s1. The molecule has 2 saturated heterocycles. The van der Waals surface area contributed by atoms with Crippen LogP contribution in [-0.2, 0) is 18.3 Å². The molecule has 2 aliphatic rings. The Morgan fingerprint density at radius 1 is 1.33 bits per heavy atom. The lowest BCUT2D eigenvalue weighted by Gasteiger charge is -2.48. The van der Waals surface area contributed by atoms with Crippen LogP contribution in [0.3, 0.4) is 0 Å². The quantitative estimate of drug-likeness (QED) is 0.894. The van der Waals surface area contributed by atoms with Gasteiger partial charge in [0.05, 0.1) is 6.33 Å². The van der Waals surface area contributed by atoms with Crippen LogP contribution in [0.1, 0.15) is 41.9 Å². The van der Waals surface area contributed by atoms with Gasteiger partial charge in [0, 0.05) is 69.6 Å². The van der Waals surface area contributed by atoms with E-state index in [1.54, 1.807) is 6.33 Å². The van der Waals surface area contributed by atoms with Crippen molar-refractivity contribution in [1.29, 1.82) is 0 Å². The minimum atomic E-state index is 0.0287. The number of nitrogens with zero attached hydrogens (tertiary/aromatic N) is 4. The average molecular weight is 369 g/mol. The summed E-state index contributed by atoms with van der Waals surface area (Å²) in [7, 11) is 1.91. The second-order valence-electron chi connectivity index (χ2n) is 7.98. The number of likely N-dealkylation sites (tertiary alicyclic amines) is 2. The van der Waals surface area contributed by atoms with Gasteiger partial charge in [-0.25, -0.2) is 4.98 Å². The van der Waals surface area contributed by atoms with Crippen molar-refractivity contribution in [2.45, 2.75) is 32.1 Å². The molecular formula is C20H27N5O2. The van der Waals surface area contributed by atoms with Crippen LogP contribution in [-0.4, -0.2) is 62.3 Å². The van der Waals surface area contributed by atoms with E-state index in [2.05, 4.69) is 9.97 Å². The summed E-state index contributed by atoms with van der Waals surface area (Å²) in [5.74, 6) is 0.327. The van der Waals surface area contributed by atoms with E-state index >= 15 is 0 Å². The van der Waals surface area contributed by atoms with Gasteiger partial charge in [-0.1, -0.05) is 0 Å². The molecular weight excluding hydrogens is 342 g/mol. The molecule has 2 amide bonds. The number of rotatable bonds is 4. The van der Waals surface area contributed by atoms with Gasteiger partial charge in [0.25, 0.3) is 5.91 Å². The molecule has 0 aliphatic carbocycles. The van der Waals surface area contributed by atoms with Crippen molar-refractivity contribution in [3.63, 3.8) is 0 Å². The highest BCUT2D eigenvalue weighted by atomic mass is 16.2. The summed E-state index contributed by atoms with van der Waals surface area (Å²) in [5.41, 5.74) is 1.81. The smallest absolute Gasteiger partial charge is 0.270 e. The molecule has 0 saturated carbocycles. The Labute approximate surface area is 159 Å². The number of H-pyrrole nitrogens is 1. The van der Waals surface area contributed by atoms with E-state index in [1.807, 2.05) is 45.9 Å². The zero-order valence-corrected chi connectivity index (χ0v) is 15.9. The zero-order chi connectivity index (χ0) is 18.9. The largest absolute Gasteiger partial charge is 0.348 e. The van der Waals surface area contributed by atoms with Gasteiger partial charge in [-0.2, -0.15) is 0 Å². The number of amides is 2. The molecule has 144 valence electrons. The number of imidazole rings is 1. The summed E-state index contributed by atoms with van der Waals surface area (Å²) in [6, 6.07) is 3.79. The van der Waals surface area contributed by atoms with Crippen LogP contribution in [0, 0.1) is 5.41 Å². The summed E-state index contributed by atoms with van der Waals surface area (Å²) < 4.78 is 1.88. The molecule has 0 radical (unpaired) electrons. The molecule has 27 heavy (non-hydrogen) atoms. The highest BCUT2D eigenvalue weighted by Crippen LogP contribution is 2.39. The first-order valence-corrected chi connectivity index (χ1v) is 9.72. The van der Waals surface area contributed by atoms with Crippen LogP contribution in [0.15, 0.2) is 30.9 Å². The summed E-state index contributed by atoms with van der Waals surface area (Å²) in [6.07, 6.45) is 9.71. The topological polar surface area (TPSA) is 74.2 Å². The van der Waals surface area contributed by atoms with Gasteiger partial charge in [0.15, 0.2) is 0 Å². The first-order chi connectivity index (χ1) is 13.1. The minimum Gasteiger partial charge on any atom is -0.348 e. The van der Waals surface area contributed by atoms with Gasteiger partial charge in [-0.3, -0.25) is 9.59 Å². The predicted molar refractivity (Wildman–Crippen MR) is 101 cm³/mol. The van der Waals surface area contributed by atoms with Crippen LogP contribution in [0.2, 0.25) is 0 Å². The summed E-state index contributed by atoms with van der Waals surface area (Å²) >= 11 is 0. The Kier molecular flexibility index (Phi) is 4.76. The van der Waals surface area contributed by atoms with Gasteiger partial charge in [0.2, 0.25) is 5.91 Å². The van der Waals surface area contributed by atoms with Gasteiger partial charge in [0.1, 0.15) is 5.69 Å². The number of hydrogen-bond donors (Lipinski definition) is 1. The summed E-state index contributed by atoms with van der Waals surface area (Å²) in [5, 5.41) is 0. The fourth-order valence-electron chi connectivity index (χ4n) is 4.54. The highest BCUT2D eigenvalue weighted by Gasteiger charge is 2.42. The number of aromatic amines is 1. The number of carbonyl (C=O) groups excluding carboxylic acids is 2. The van der Waals surface area contributed by atoms with E-state index in [0.717, 1.165) is 56.7 Å². The lowest BCUT2D eigenvalue weighted by atomic mass is 9.73. The molecule has 2 aliphatic heterocycles. The van der Waals surface area contributed by atoms with E-state index in [-0.39, 0.29) is 17.2 Å². The number of piperidine rings is 2. The van der Waals surface area contributed by atoms with Crippen molar-refractivity contribution in [1.82, 2.24) is 24.3 Å². The number of nitrogens with one attached hydrogen (secondary N) is 1. The second-order valence-corrected chi connectivity index (χ2v) is 7.98. The van der Waals surface area contributed by atoms with Gasteiger partial charge in [-0.15, -0.1) is 0 Å². The molecule has 0 aromatic carbocycles. The Morgan fingerprint density at radius 3 is 2.96 bits per heavy atom. The van der Waals surface area contributed by atoms with Crippen LogP contribution in [0.5, 0.6) is 0 Å². The molecule has 4 rings (SSSR count). The molecule has 0 bridgehead atoms. The third-order valence-electron chi connectivity index (χ3n) is 6.07. The maximum Gasteiger partial charge on any atom is 0.270 e. The van der Waals surface area contributed by atoms with E-state index < -0.39 is 0 Å². The number of carbonyl (C=O) groups is 2. The first-order valence-electron chi connectivity index (χ1n) is 9.72. The van der Waals surface area contributed by atoms with E-state index in [4.69, 9.17) is 0 Å². The zero-order valence-electron chi connectivity index (χ0n) is 15.9. The normalized spacial score (nSPS) is 23.2. The van der Waals surface area contributed by atoms with Crippen molar-refractivity contribution in [3.8, 4) is 0 Å². The highest BCUT2D eigenvalue weighted by molar-refractivity contribution is 5.92. The summed E-state index contributed by atoms with van der Waals surface area (Å²) in [6.45, 7) is 2.99. The van der Waals surface area contributed by atoms with Crippen molar-refractivity contribution < 1.29 is 9.59 Å². The van der Waals surface area contributed by atoms with Crippen molar-refractivity contribution in [3.05, 3.63) is 42.2 Å². The molecule has 1 atom stereocenters. The molecule has 2 fully saturated rings. The fraction of sp³-hybridized carbons (Fsp3) is 0.550. The molecule has 2 aromatic heterocycles. The van der Waals surface area contributed by atoms with Crippen LogP contribution in [0.25, 0.3) is 0 Å². The monoisotopic (exact) mass is 369 g/mol. The lowest BCUT2D eigenvalue weighted by molar-refractivity contribution is -0.138. The third-order valence-corrected chi connectivity index (χ3v) is 6.07. The predicted octanol–water partition coefficient (Wildman–Crippen LogP) is 1.84. The Bertz CT molecular complexity index is 812. The third kappa shape index (κ3) is 3.63. The van der Waals surface area contributed by atoms with Crippen molar-refractivity contribution >= 4 is 11.8 Å². The molecule has 7 heteroatoms. The average Bonchev–Trinajstić information content (AvgIpc) is 3.34. The second kappa shape index (κ2) is 7.21. The number of aryl methyl sites for hydroxylation is 1. The van der Waals surface area contributed by atoms with Gasteiger partial charge < -0.3 is 19.4 Å². The number of hydrogen-bond acceptors (Lipinski definition) is 3. The van der Waals surface area contributed by atoms with Crippen molar-refractivity contribution in [2.24, 2.45) is 12.5 Å². The minimum absolute atomic E-state index is 0.0287. The van der Waals surface area contributed by atoms with E-state index in [9.17, 15) is 9.59 Å². The van der Waals surface area contributed by atoms with Crippen LogP contribution < -0.4 is 0 Å². The Hall–Kier alpha value is -2.57. The molecule has 7 nitrogen and oxygen atoms in total. The Morgan fingerprint density at radius 2 is 2.22 bits per heavy atom. The molecule has 1 N–H and O–H groups in total. The molecule has 1 spiro atoms. The van der Waals surface area contributed by atoms with Gasteiger partial charge >= 0.3 is 0 Å². The maximum absolute atomic E-state index is 12.9. The maximum atomic E-state index is 12.9. The lowest BCUT2D eigenvalue weighted by Crippen LogP contribution is -2.55. The van der Waals surface area contributed by atoms with Crippen molar-refractivity contribution in [2.75, 3.05) is 26.2 Å². The molecule has 2 aromatic rings. The van der Waals surface area contributed by atoms with Gasteiger partial charge in [-0.05, 0) is 31.4 Å². The van der Waals surface area contributed by atoms with E-state index in [0.29, 0.717) is 13.0 Å². The number of aromatic nitrogens is 3. The fourth-order valence-corrected chi connectivity index (χ4v) is 4.54. The SMILES string of the molecule is Cn1cccc1C(=O)N1CCC[C@@]2(CCC(=O)N(CCc3cnc[nH]3)C2)C1. The first kappa shape index (κ1) is 17.8. The van der Waals surface area contributed by atoms with Crippen LogP contribution in [0.4, 0.5) is 0 Å². The van der Waals surface area contributed by atoms with E-state index in [1.165, 1.54) is 0 Å². The Balaban J connectivity index is 1.44. The molecule has 0 unspecified atom stereocenters. The van der Waals surface area contributed by atoms with Crippen LogP contribution >= 0.6 is 0 Å². The molecule has 4 heterocycles.